The molecular weight excluding hydrogens is 374 g/mol. The Labute approximate surface area is 149 Å². The maximum atomic E-state index is 13.9. The predicted octanol–water partition coefficient (Wildman–Crippen LogP) is 1.64. The van der Waals surface area contributed by atoms with Gasteiger partial charge in [-0.3, -0.25) is 8.98 Å². The van der Waals surface area contributed by atoms with E-state index in [1.54, 1.807) is 19.1 Å². The molecule has 0 N–H and O–H groups in total. The first-order chi connectivity index (χ1) is 12.1. The highest BCUT2D eigenvalue weighted by Gasteiger charge is 2.69. The van der Waals surface area contributed by atoms with E-state index in [4.69, 9.17) is 18.4 Å². The van der Waals surface area contributed by atoms with Crippen molar-refractivity contribution in [3.63, 3.8) is 0 Å². The molecule has 3 aliphatic heterocycles. The van der Waals surface area contributed by atoms with Gasteiger partial charge in [0.05, 0.1) is 11.5 Å². The van der Waals surface area contributed by atoms with E-state index >= 15 is 0 Å². The average Bonchev–Trinajstić information content (AvgIpc) is 2.58. The van der Waals surface area contributed by atoms with Crippen LogP contribution < -0.4 is 0 Å². The molecule has 0 spiro atoms. The van der Waals surface area contributed by atoms with Crippen LogP contribution in [0.15, 0.2) is 29.2 Å². The Balaban J connectivity index is 1.72. The van der Waals surface area contributed by atoms with Gasteiger partial charge in [-0.2, -0.15) is 17.2 Å². The van der Waals surface area contributed by atoms with Crippen LogP contribution >= 0.6 is 0 Å². The number of alkyl halides is 2. The summed E-state index contributed by atoms with van der Waals surface area (Å²) >= 11 is 0. The summed E-state index contributed by atoms with van der Waals surface area (Å²) in [6, 6.07) is 5.92. The monoisotopic (exact) mass is 392 g/mol. The van der Waals surface area contributed by atoms with Crippen LogP contribution in [-0.2, 0) is 33.3 Å². The van der Waals surface area contributed by atoms with Crippen LogP contribution in [0.5, 0.6) is 0 Å². The van der Waals surface area contributed by atoms with E-state index < -0.39 is 53.0 Å². The number of carbonyl (C=O) groups excluding carboxylic acids is 1. The number of rotatable bonds is 6. The van der Waals surface area contributed by atoms with Crippen molar-refractivity contribution in [1.82, 2.24) is 0 Å². The van der Waals surface area contributed by atoms with Crippen molar-refractivity contribution in [2.75, 3.05) is 13.2 Å². The second-order valence-electron chi connectivity index (χ2n) is 6.26. The first kappa shape index (κ1) is 19.2. The van der Waals surface area contributed by atoms with E-state index in [1.165, 1.54) is 19.1 Å². The SMILES string of the molecule is CC(=O)OC[C@H]1O[C@H]2O[C@@H]([C@@H]1COS(=O)(=O)c1ccc(C)cc1)C2(F)F. The molecule has 1 aromatic carbocycles. The third kappa shape index (κ3) is 3.59. The summed E-state index contributed by atoms with van der Waals surface area (Å²) in [6.45, 7) is 2.08. The number of hydrogen-bond acceptors (Lipinski definition) is 7. The van der Waals surface area contributed by atoms with Crippen LogP contribution in [0.4, 0.5) is 8.78 Å². The van der Waals surface area contributed by atoms with Crippen molar-refractivity contribution in [1.29, 1.82) is 0 Å². The lowest BCUT2D eigenvalue weighted by Gasteiger charge is -2.54. The molecule has 1 aromatic rings. The number of fused-ring (bicyclic) bond motifs is 2. The molecular formula is C16H18F2O7S. The largest absolute Gasteiger partial charge is 0.463 e. The molecule has 7 nitrogen and oxygen atoms in total. The van der Waals surface area contributed by atoms with Crippen molar-refractivity contribution in [3.05, 3.63) is 29.8 Å². The molecule has 3 saturated heterocycles. The minimum Gasteiger partial charge on any atom is -0.463 e. The van der Waals surface area contributed by atoms with E-state index in [1.807, 2.05) is 0 Å². The van der Waals surface area contributed by atoms with Crippen LogP contribution in [0, 0.1) is 12.8 Å². The summed E-state index contributed by atoms with van der Waals surface area (Å²) in [7, 11) is -4.14. The Morgan fingerprint density at radius 3 is 2.42 bits per heavy atom. The Bertz CT molecular complexity index is 778. The van der Waals surface area contributed by atoms with Gasteiger partial charge in [0, 0.05) is 12.8 Å². The summed E-state index contributed by atoms with van der Waals surface area (Å²) in [5.41, 5.74) is 0.861. The zero-order valence-corrected chi connectivity index (χ0v) is 14.9. The number of carbonyl (C=O) groups is 1. The zero-order chi connectivity index (χ0) is 19.1. The van der Waals surface area contributed by atoms with Gasteiger partial charge in [0.15, 0.2) is 0 Å². The predicted molar refractivity (Wildman–Crippen MR) is 82.9 cm³/mol. The Morgan fingerprint density at radius 2 is 1.85 bits per heavy atom. The number of ether oxygens (including phenoxy) is 3. The topological polar surface area (TPSA) is 88.1 Å². The highest BCUT2D eigenvalue weighted by molar-refractivity contribution is 7.86. The molecule has 3 heterocycles. The number of benzene rings is 1. The molecule has 3 fully saturated rings. The van der Waals surface area contributed by atoms with E-state index in [0.29, 0.717) is 0 Å². The molecule has 0 aliphatic carbocycles. The van der Waals surface area contributed by atoms with Gasteiger partial charge in [-0.05, 0) is 19.1 Å². The van der Waals surface area contributed by atoms with Gasteiger partial charge in [0.1, 0.15) is 18.8 Å². The molecule has 0 amide bonds. The third-order valence-electron chi connectivity index (χ3n) is 4.30. The number of halogens is 2. The summed E-state index contributed by atoms with van der Waals surface area (Å²) in [6.07, 6.45) is -4.23. The molecule has 3 aliphatic rings. The van der Waals surface area contributed by atoms with E-state index in [0.717, 1.165) is 5.56 Å². The molecule has 0 unspecified atom stereocenters. The van der Waals surface area contributed by atoms with E-state index in [9.17, 15) is 22.0 Å². The maximum absolute atomic E-state index is 13.9. The molecule has 0 aromatic heterocycles. The average molecular weight is 392 g/mol. The lowest BCUT2D eigenvalue weighted by molar-refractivity contribution is -0.460. The Kier molecular flexibility index (Phi) is 5.04. The van der Waals surface area contributed by atoms with Crippen molar-refractivity contribution in [2.24, 2.45) is 5.92 Å². The minimum absolute atomic E-state index is 0.0875. The summed E-state index contributed by atoms with van der Waals surface area (Å²) in [5.74, 6) is -4.98. The minimum atomic E-state index is -4.14. The van der Waals surface area contributed by atoms with Gasteiger partial charge in [-0.25, -0.2) is 0 Å². The second kappa shape index (κ2) is 6.84. The molecule has 26 heavy (non-hydrogen) atoms. The van der Waals surface area contributed by atoms with Gasteiger partial charge in [0.25, 0.3) is 10.1 Å². The molecule has 0 radical (unpaired) electrons. The number of esters is 1. The smallest absolute Gasteiger partial charge is 0.323 e. The molecule has 4 atom stereocenters. The quantitative estimate of drug-likeness (QED) is 0.537. The first-order valence-electron chi connectivity index (χ1n) is 7.89. The van der Waals surface area contributed by atoms with Crippen LogP contribution in [0.25, 0.3) is 0 Å². The number of aryl methyl sites for hydroxylation is 1. The summed E-state index contributed by atoms with van der Waals surface area (Å²) < 4.78 is 72.1. The van der Waals surface area contributed by atoms with Gasteiger partial charge < -0.3 is 14.2 Å². The fourth-order valence-corrected chi connectivity index (χ4v) is 3.78. The first-order valence-corrected chi connectivity index (χ1v) is 9.30. The second-order valence-corrected chi connectivity index (χ2v) is 7.87. The fraction of sp³-hybridized carbons (Fsp3) is 0.562. The zero-order valence-electron chi connectivity index (χ0n) is 14.1. The van der Waals surface area contributed by atoms with Crippen molar-refractivity contribution < 1.29 is 40.4 Å². The van der Waals surface area contributed by atoms with E-state index in [2.05, 4.69) is 0 Å². The normalized spacial score (nSPS) is 29.7. The molecule has 2 bridgehead atoms. The third-order valence-corrected chi connectivity index (χ3v) is 5.60. The molecule has 10 heteroatoms. The van der Waals surface area contributed by atoms with Crippen molar-refractivity contribution in [2.45, 2.75) is 43.2 Å². The lowest BCUT2D eigenvalue weighted by atomic mass is 9.85. The van der Waals surface area contributed by atoms with Crippen LogP contribution in [0.2, 0.25) is 0 Å². The van der Waals surface area contributed by atoms with E-state index in [-0.39, 0.29) is 11.5 Å². The van der Waals surface area contributed by atoms with Crippen LogP contribution in [-0.4, -0.2) is 52.0 Å². The molecule has 0 saturated carbocycles. The van der Waals surface area contributed by atoms with Crippen molar-refractivity contribution >= 4 is 16.1 Å². The highest BCUT2D eigenvalue weighted by Crippen LogP contribution is 2.49. The highest BCUT2D eigenvalue weighted by atomic mass is 32.2. The van der Waals surface area contributed by atoms with Gasteiger partial charge in [0.2, 0.25) is 6.29 Å². The summed E-state index contributed by atoms with van der Waals surface area (Å²) in [5, 5.41) is 0. The van der Waals surface area contributed by atoms with Crippen LogP contribution in [0.3, 0.4) is 0 Å². The van der Waals surface area contributed by atoms with Crippen molar-refractivity contribution in [3.8, 4) is 0 Å². The van der Waals surface area contributed by atoms with Gasteiger partial charge >= 0.3 is 11.9 Å². The maximum Gasteiger partial charge on any atom is 0.323 e. The van der Waals surface area contributed by atoms with Gasteiger partial charge in [-0.1, -0.05) is 17.7 Å². The standard InChI is InChI=1S/C16H18F2O7S/c1-9-3-5-11(6-4-9)26(20,21)23-7-12-13(8-22-10(2)19)24-15-16(17,18)14(12)25-15/h3-6,12-15H,7-8H2,1-2H3/t12-,13-,14+,15+/m1/s1. The summed E-state index contributed by atoms with van der Waals surface area (Å²) in [4.78, 5) is 10.9. The van der Waals surface area contributed by atoms with Gasteiger partial charge in [-0.15, -0.1) is 0 Å². The molecule has 4 rings (SSSR count). The Hall–Kier alpha value is -1.62. The fourth-order valence-electron chi connectivity index (χ4n) is 2.84. The lowest BCUT2D eigenvalue weighted by Crippen LogP contribution is -2.72. The number of hydrogen-bond donors (Lipinski definition) is 0. The van der Waals surface area contributed by atoms with Crippen LogP contribution in [0.1, 0.15) is 12.5 Å². The molecule has 144 valence electrons. The Morgan fingerprint density at radius 1 is 1.19 bits per heavy atom.